The first-order chi connectivity index (χ1) is 9.22. The molecule has 114 valence electrons. The third-order valence-corrected chi connectivity index (χ3v) is 7.21. The molecular weight excluding hydrogens is 322 g/mol. The van der Waals surface area contributed by atoms with Crippen molar-refractivity contribution < 1.29 is 16.8 Å². The molecule has 0 aliphatic heterocycles. The van der Waals surface area contributed by atoms with Gasteiger partial charge in [-0.05, 0) is 30.8 Å². The van der Waals surface area contributed by atoms with E-state index in [1.165, 1.54) is 6.26 Å². The Balaban J connectivity index is 2.06. The topological polar surface area (TPSA) is 119 Å². The first-order valence-electron chi connectivity index (χ1n) is 6.12. The monoisotopic (exact) mass is 339 g/mol. The SMILES string of the molecule is CS(=O)(=O)CCCNc1snc(N)c1S(=O)(=O)C1CC1. The van der Waals surface area contributed by atoms with Crippen molar-refractivity contribution in [3.05, 3.63) is 0 Å². The van der Waals surface area contributed by atoms with Gasteiger partial charge in [-0.2, -0.15) is 4.37 Å². The highest BCUT2D eigenvalue weighted by Gasteiger charge is 2.40. The molecule has 10 heteroatoms. The minimum absolute atomic E-state index is 0.0208. The lowest BCUT2D eigenvalue weighted by Gasteiger charge is -2.07. The highest BCUT2D eigenvalue weighted by Crippen LogP contribution is 2.40. The Bertz CT molecular complexity index is 689. The summed E-state index contributed by atoms with van der Waals surface area (Å²) in [7, 11) is -6.42. The van der Waals surface area contributed by atoms with Crippen LogP contribution in [0, 0.1) is 0 Å². The first-order valence-corrected chi connectivity index (χ1v) is 10.5. The van der Waals surface area contributed by atoms with Crippen LogP contribution in [0.1, 0.15) is 19.3 Å². The van der Waals surface area contributed by atoms with Crippen LogP contribution in [0.2, 0.25) is 0 Å². The fourth-order valence-electron chi connectivity index (χ4n) is 1.76. The van der Waals surface area contributed by atoms with E-state index < -0.39 is 19.7 Å². The lowest BCUT2D eigenvalue weighted by atomic mass is 10.5. The van der Waals surface area contributed by atoms with Gasteiger partial charge in [-0.3, -0.25) is 0 Å². The van der Waals surface area contributed by atoms with Crippen molar-refractivity contribution in [2.75, 3.05) is 29.6 Å². The molecule has 1 aromatic heterocycles. The summed E-state index contributed by atoms with van der Waals surface area (Å²) in [5.74, 6) is 0.0754. The molecule has 0 aromatic carbocycles. The van der Waals surface area contributed by atoms with Crippen LogP contribution >= 0.6 is 11.5 Å². The van der Waals surface area contributed by atoms with E-state index in [4.69, 9.17) is 5.73 Å². The smallest absolute Gasteiger partial charge is 0.187 e. The van der Waals surface area contributed by atoms with Gasteiger partial charge in [0, 0.05) is 12.8 Å². The molecule has 7 nitrogen and oxygen atoms in total. The van der Waals surface area contributed by atoms with Gasteiger partial charge in [0.05, 0.1) is 11.0 Å². The normalized spacial score (nSPS) is 16.2. The van der Waals surface area contributed by atoms with Crippen molar-refractivity contribution in [3.63, 3.8) is 0 Å². The minimum atomic E-state index is -3.41. The Hall–Kier alpha value is -0.870. The highest BCUT2D eigenvalue weighted by atomic mass is 32.2. The fourth-order valence-corrected chi connectivity index (χ4v) is 5.34. The molecule has 0 unspecified atom stereocenters. The summed E-state index contributed by atoms with van der Waals surface area (Å²) in [6, 6.07) is 0. The third kappa shape index (κ3) is 3.61. The molecule has 1 heterocycles. The Morgan fingerprint density at radius 3 is 2.55 bits per heavy atom. The van der Waals surface area contributed by atoms with E-state index in [0.29, 0.717) is 30.8 Å². The van der Waals surface area contributed by atoms with Gasteiger partial charge in [0.2, 0.25) is 0 Å². The predicted octanol–water partition coefficient (Wildman–Crippen LogP) is 0.508. The number of nitrogens with one attached hydrogen (secondary N) is 1. The molecule has 1 fully saturated rings. The Morgan fingerprint density at radius 2 is 2.00 bits per heavy atom. The van der Waals surface area contributed by atoms with Gasteiger partial charge in [0.25, 0.3) is 0 Å². The predicted molar refractivity (Wildman–Crippen MR) is 79.6 cm³/mol. The van der Waals surface area contributed by atoms with Crippen LogP contribution in [0.15, 0.2) is 4.90 Å². The van der Waals surface area contributed by atoms with Gasteiger partial charge in [0.1, 0.15) is 19.7 Å². The summed E-state index contributed by atoms with van der Waals surface area (Å²) in [4.78, 5) is 0.0735. The van der Waals surface area contributed by atoms with E-state index in [0.717, 1.165) is 11.5 Å². The standard InChI is InChI=1S/C10H17N3O4S3/c1-19(14,15)6-2-5-12-10-8(9(11)13-18-10)20(16,17)7-3-4-7/h7,12H,2-6H2,1H3,(H2,11,13). The number of hydrogen-bond donors (Lipinski definition) is 2. The quantitative estimate of drug-likeness (QED) is 0.694. The van der Waals surface area contributed by atoms with Crippen LogP contribution in [0.3, 0.4) is 0 Å². The maximum atomic E-state index is 12.2. The van der Waals surface area contributed by atoms with Crippen molar-refractivity contribution in [2.24, 2.45) is 0 Å². The van der Waals surface area contributed by atoms with Crippen LogP contribution in [0.4, 0.5) is 10.8 Å². The van der Waals surface area contributed by atoms with Gasteiger partial charge < -0.3 is 11.1 Å². The number of anilines is 2. The molecule has 0 radical (unpaired) electrons. The molecular formula is C10H17N3O4S3. The Kier molecular flexibility index (Phi) is 4.26. The van der Waals surface area contributed by atoms with E-state index in [9.17, 15) is 16.8 Å². The van der Waals surface area contributed by atoms with Crippen molar-refractivity contribution in [2.45, 2.75) is 29.4 Å². The minimum Gasteiger partial charge on any atom is -0.382 e. The van der Waals surface area contributed by atoms with Gasteiger partial charge in [-0.1, -0.05) is 0 Å². The maximum Gasteiger partial charge on any atom is 0.187 e. The van der Waals surface area contributed by atoms with E-state index in [2.05, 4.69) is 9.69 Å². The second kappa shape index (κ2) is 5.49. The zero-order valence-electron chi connectivity index (χ0n) is 11.0. The molecule has 0 amide bonds. The van der Waals surface area contributed by atoms with Crippen molar-refractivity contribution >= 4 is 42.0 Å². The Morgan fingerprint density at radius 1 is 1.35 bits per heavy atom. The number of hydrogen-bond acceptors (Lipinski definition) is 8. The van der Waals surface area contributed by atoms with Crippen LogP contribution in [-0.4, -0.2) is 45.0 Å². The van der Waals surface area contributed by atoms with Gasteiger partial charge in [0.15, 0.2) is 15.7 Å². The summed E-state index contributed by atoms with van der Waals surface area (Å²) in [5, 5.41) is 2.98. The molecule has 0 bridgehead atoms. The average molecular weight is 339 g/mol. The number of aromatic nitrogens is 1. The van der Waals surface area contributed by atoms with E-state index in [1.807, 2.05) is 0 Å². The van der Waals surface area contributed by atoms with Crippen molar-refractivity contribution in [1.29, 1.82) is 0 Å². The lowest BCUT2D eigenvalue weighted by molar-refractivity contribution is 0.594. The van der Waals surface area contributed by atoms with E-state index in [-0.39, 0.29) is 21.7 Å². The summed E-state index contributed by atoms with van der Waals surface area (Å²) in [6.07, 6.45) is 2.89. The van der Waals surface area contributed by atoms with Crippen LogP contribution in [-0.2, 0) is 19.7 Å². The van der Waals surface area contributed by atoms with Crippen LogP contribution in [0.25, 0.3) is 0 Å². The molecule has 20 heavy (non-hydrogen) atoms. The average Bonchev–Trinajstić information content (AvgIpc) is 3.09. The van der Waals surface area contributed by atoms with E-state index >= 15 is 0 Å². The zero-order valence-corrected chi connectivity index (χ0v) is 13.4. The lowest BCUT2D eigenvalue weighted by Crippen LogP contribution is -2.13. The van der Waals surface area contributed by atoms with E-state index in [1.54, 1.807) is 0 Å². The molecule has 0 atom stereocenters. The molecule has 0 spiro atoms. The Labute approximate surface area is 122 Å². The van der Waals surface area contributed by atoms with Crippen molar-refractivity contribution in [3.8, 4) is 0 Å². The molecule has 1 aliphatic rings. The number of sulfone groups is 2. The summed E-state index contributed by atoms with van der Waals surface area (Å²) in [6.45, 7) is 0.363. The number of nitrogen functional groups attached to an aromatic ring is 1. The molecule has 3 N–H and O–H groups in total. The maximum absolute atomic E-state index is 12.2. The van der Waals surface area contributed by atoms with Crippen LogP contribution in [0.5, 0.6) is 0 Å². The third-order valence-electron chi connectivity index (χ3n) is 2.90. The second-order valence-electron chi connectivity index (χ2n) is 4.88. The molecule has 1 saturated carbocycles. The number of rotatable bonds is 7. The van der Waals surface area contributed by atoms with Gasteiger partial charge in [-0.15, -0.1) is 0 Å². The first kappa shape index (κ1) is 15.5. The second-order valence-corrected chi connectivity index (χ2v) is 10.1. The van der Waals surface area contributed by atoms with Crippen LogP contribution < -0.4 is 11.1 Å². The van der Waals surface area contributed by atoms with Crippen molar-refractivity contribution in [1.82, 2.24) is 4.37 Å². The summed E-state index contributed by atoms with van der Waals surface area (Å²) < 4.78 is 50.4. The summed E-state index contributed by atoms with van der Waals surface area (Å²) >= 11 is 0.991. The molecule has 1 aromatic rings. The molecule has 2 rings (SSSR count). The van der Waals surface area contributed by atoms with Gasteiger partial charge in [-0.25, -0.2) is 16.8 Å². The molecule has 1 aliphatic carbocycles. The number of nitrogens with zero attached hydrogens (tertiary/aromatic N) is 1. The highest BCUT2D eigenvalue weighted by molar-refractivity contribution is 7.92. The molecule has 0 saturated heterocycles. The number of nitrogens with two attached hydrogens (primary N) is 1. The largest absolute Gasteiger partial charge is 0.382 e. The zero-order chi connectivity index (χ0) is 15.0. The fraction of sp³-hybridized carbons (Fsp3) is 0.700. The summed E-state index contributed by atoms with van der Waals surface area (Å²) in [5.41, 5.74) is 5.65. The van der Waals surface area contributed by atoms with Gasteiger partial charge >= 0.3 is 0 Å².